The van der Waals surface area contributed by atoms with Gasteiger partial charge in [-0.1, -0.05) is 33.6 Å². The summed E-state index contributed by atoms with van der Waals surface area (Å²) in [5.74, 6) is 0.780. The lowest BCUT2D eigenvalue weighted by Gasteiger charge is -2.49. The zero-order chi connectivity index (χ0) is 13.1. The Kier molecular flexibility index (Phi) is 5.46. The van der Waals surface area contributed by atoms with Gasteiger partial charge in [0.05, 0.1) is 0 Å². The Labute approximate surface area is 108 Å². The molecule has 0 spiro atoms. The minimum atomic E-state index is 0.349. The van der Waals surface area contributed by atoms with Gasteiger partial charge in [0.15, 0.2) is 0 Å². The van der Waals surface area contributed by atoms with E-state index < -0.39 is 0 Å². The molecule has 1 heterocycles. The summed E-state index contributed by atoms with van der Waals surface area (Å²) in [4.78, 5) is 2.73. The summed E-state index contributed by atoms with van der Waals surface area (Å²) in [5, 5.41) is 3.72. The summed E-state index contributed by atoms with van der Waals surface area (Å²) in [5.41, 5.74) is 0.349. The molecule has 1 N–H and O–H groups in total. The molecule has 1 aliphatic heterocycles. The average Bonchev–Trinajstić information content (AvgIpc) is 2.28. The van der Waals surface area contributed by atoms with Gasteiger partial charge in [-0.2, -0.15) is 0 Å². The molecule has 1 rings (SSSR count). The predicted octanol–water partition coefficient (Wildman–Crippen LogP) is 3.27. The van der Waals surface area contributed by atoms with Crippen molar-refractivity contribution < 1.29 is 0 Å². The number of rotatable bonds is 5. The van der Waals surface area contributed by atoms with Crippen LogP contribution >= 0.6 is 0 Å². The molecular weight excluding hydrogens is 208 g/mol. The molecule has 0 radical (unpaired) electrons. The van der Waals surface area contributed by atoms with Crippen molar-refractivity contribution in [1.82, 2.24) is 10.2 Å². The Morgan fingerprint density at radius 2 is 2.00 bits per heavy atom. The Balaban J connectivity index is 2.69. The zero-order valence-electron chi connectivity index (χ0n) is 12.7. The molecule has 0 aromatic rings. The van der Waals surface area contributed by atoms with E-state index in [1.165, 1.54) is 25.8 Å². The third-order valence-electron chi connectivity index (χ3n) is 4.57. The fourth-order valence-electron chi connectivity index (χ4n) is 3.15. The van der Waals surface area contributed by atoms with E-state index in [1.54, 1.807) is 0 Å². The van der Waals surface area contributed by atoms with Crippen LogP contribution in [-0.4, -0.2) is 35.6 Å². The third-order valence-corrected chi connectivity index (χ3v) is 4.57. The summed E-state index contributed by atoms with van der Waals surface area (Å²) in [6, 6.07) is 1.34. The first-order valence-electron chi connectivity index (χ1n) is 7.42. The van der Waals surface area contributed by atoms with Crippen LogP contribution in [0.5, 0.6) is 0 Å². The second-order valence-corrected chi connectivity index (χ2v) is 6.46. The van der Waals surface area contributed by atoms with E-state index in [2.05, 4.69) is 51.8 Å². The van der Waals surface area contributed by atoms with E-state index in [0.717, 1.165) is 12.5 Å². The predicted molar refractivity (Wildman–Crippen MR) is 76.4 cm³/mol. The van der Waals surface area contributed by atoms with E-state index in [-0.39, 0.29) is 0 Å². The van der Waals surface area contributed by atoms with E-state index in [1.807, 2.05) is 0 Å². The number of hydrogen-bond donors (Lipinski definition) is 1. The Bertz CT molecular complexity index is 225. The number of nitrogens with one attached hydrogen (secondary N) is 1. The first-order chi connectivity index (χ1) is 7.92. The molecule has 0 aliphatic carbocycles. The first kappa shape index (κ1) is 15.0. The summed E-state index contributed by atoms with van der Waals surface area (Å²) < 4.78 is 0. The minimum absolute atomic E-state index is 0.349. The van der Waals surface area contributed by atoms with Crippen molar-refractivity contribution >= 4 is 0 Å². The van der Waals surface area contributed by atoms with Crippen LogP contribution in [0, 0.1) is 5.92 Å². The smallest absolute Gasteiger partial charge is 0.0221 e. The Hall–Kier alpha value is -0.0800. The van der Waals surface area contributed by atoms with E-state index in [9.17, 15) is 0 Å². The molecule has 1 saturated heterocycles. The molecule has 3 unspecified atom stereocenters. The molecular formula is C15H32N2. The molecule has 1 fully saturated rings. The quantitative estimate of drug-likeness (QED) is 0.793. The molecule has 0 bridgehead atoms. The van der Waals surface area contributed by atoms with Crippen LogP contribution in [0.15, 0.2) is 0 Å². The van der Waals surface area contributed by atoms with Crippen LogP contribution in [0.1, 0.15) is 60.8 Å². The highest BCUT2D eigenvalue weighted by Gasteiger charge is 2.35. The van der Waals surface area contributed by atoms with E-state index >= 15 is 0 Å². The molecule has 17 heavy (non-hydrogen) atoms. The van der Waals surface area contributed by atoms with Crippen molar-refractivity contribution in [3.8, 4) is 0 Å². The van der Waals surface area contributed by atoms with Gasteiger partial charge in [0, 0.05) is 30.7 Å². The molecule has 3 atom stereocenters. The maximum absolute atomic E-state index is 3.72. The topological polar surface area (TPSA) is 15.3 Å². The molecule has 2 nitrogen and oxygen atoms in total. The highest BCUT2D eigenvalue weighted by atomic mass is 15.3. The van der Waals surface area contributed by atoms with Crippen LogP contribution < -0.4 is 5.32 Å². The van der Waals surface area contributed by atoms with Crippen LogP contribution in [-0.2, 0) is 0 Å². The normalized spacial score (nSPS) is 29.3. The van der Waals surface area contributed by atoms with Gasteiger partial charge in [0.1, 0.15) is 0 Å². The summed E-state index contributed by atoms with van der Waals surface area (Å²) in [6.07, 6.45) is 3.84. The summed E-state index contributed by atoms with van der Waals surface area (Å²) in [6.45, 7) is 16.5. The fourth-order valence-corrected chi connectivity index (χ4v) is 3.15. The monoisotopic (exact) mass is 240 g/mol. The summed E-state index contributed by atoms with van der Waals surface area (Å²) >= 11 is 0. The van der Waals surface area contributed by atoms with Crippen molar-refractivity contribution in [2.75, 3.05) is 13.1 Å². The maximum atomic E-state index is 3.72. The van der Waals surface area contributed by atoms with Crippen LogP contribution in [0.2, 0.25) is 0 Å². The lowest BCUT2D eigenvalue weighted by atomic mass is 9.89. The lowest BCUT2D eigenvalue weighted by molar-refractivity contribution is 0.0223. The lowest BCUT2D eigenvalue weighted by Crippen LogP contribution is -2.63. The molecule has 0 amide bonds. The molecule has 0 aromatic heterocycles. The second-order valence-electron chi connectivity index (χ2n) is 6.46. The minimum Gasteiger partial charge on any atom is -0.311 e. The molecule has 102 valence electrons. The fraction of sp³-hybridized carbons (Fsp3) is 1.00. The zero-order valence-corrected chi connectivity index (χ0v) is 12.7. The Morgan fingerprint density at radius 3 is 2.53 bits per heavy atom. The van der Waals surface area contributed by atoms with E-state index in [0.29, 0.717) is 17.6 Å². The Morgan fingerprint density at radius 1 is 1.35 bits per heavy atom. The maximum Gasteiger partial charge on any atom is 0.0221 e. The molecule has 1 aliphatic rings. The average molecular weight is 240 g/mol. The van der Waals surface area contributed by atoms with Crippen LogP contribution in [0.25, 0.3) is 0 Å². The van der Waals surface area contributed by atoms with Crippen molar-refractivity contribution in [3.05, 3.63) is 0 Å². The van der Waals surface area contributed by atoms with Crippen molar-refractivity contribution in [2.45, 2.75) is 78.4 Å². The highest BCUT2D eigenvalue weighted by molar-refractivity contribution is 4.93. The van der Waals surface area contributed by atoms with Gasteiger partial charge < -0.3 is 5.32 Å². The van der Waals surface area contributed by atoms with Gasteiger partial charge in [-0.15, -0.1) is 0 Å². The summed E-state index contributed by atoms with van der Waals surface area (Å²) in [7, 11) is 0. The molecule has 0 aromatic carbocycles. The first-order valence-corrected chi connectivity index (χ1v) is 7.42. The van der Waals surface area contributed by atoms with E-state index in [4.69, 9.17) is 0 Å². The third kappa shape index (κ3) is 3.69. The molecule has 2 heteroatoms. The highest BCUT2D eigenvalue weighted by Crippen LogP contribution is 2.27. The largest absolute Gasteiger partial charge is 0.311 e. The van der Waals surface area contributed by atoms with Crippen LogP contribution in [0.4, 0.5) is 0 Å². The van der Waals surface area contributed by atoms with Gasteiger partial charge in [0.25, 0.3) is 0 Å². The van der Waals surface area contributed by atoms with Gasteiger partial charge in [-0.3, -0.25) is 4.90 Å². The van der Waals surface area contributed by atoms with Gasteiger partial charge in [0.2, 0.25) is 0 Å². The second kappa shape index (κ2) is 6.19. The van der Waals surface area contributed by atoms with Crippen molar-refractivity contribution in [2.24, 2.45) is 5.92 Å². The number of piperazine rings is 1. The van der Waals surface area contributed by atoms with Gasteiger partial charge in [-0.25, -0.2) is 0 Å². The molecule has 0 saturated carbocycles. The van der Waals surface area contributed by atoms with Gasteiger partial charge in [-0.05, 0) is 33.1 Å². The van der Waals surface area contributed by atoms with Crippen LogP contribution in [0.3, 0.4) is 0 Å². The van der Waals surface area contributed by atoms with Crippen molar-refractivity contribution in [1.29, 1.82) is 0 Å². The number of hydrogen-bond acceptors (Lipinski definition) is 2. The number of nitrogens with zero attached hydrogens (tertiary/aromatic N) is 1. The van der Waals surface area contributed by atoms with Crippen molar-refractivity contribution in [3.63, 3.8) is 0 Å². The standard InChI is InChI=1S/C15H32N2/c1-7-9-15(5,6)17-11-14(12(3)8-2)16-10-13(17)4/h12-14,16H,7-11H2,1-6H3. The SMILES string of the molecule is CCCC(C)(C)N1CC(C(C)CC)NCC1C. The van der Waals surface area contributed by atoms with Gasteiger partial charge >= 0.3 is 0 Å².